The minimum atomic E-state index is -0.491. The highest BCUT2D eigenvalue weighted by Gasteiger charge is 2.27. The fourth-order valence-corrected chi connectivity index (χ4v) is 4.88. The van der Waals surface area contributed by atoms with Gasteiger partial charge in [-0.3, -0.25) is 14.2 Å². The number of halogens is 1. The summed E-state index contributed by atoms with van der Waals surface area (Å²) in [6.45, 7) is 2.33. The van der Waals surface area contributed by atoms with E-state index in [1.54, 1.807) is 28.8 Å². The zero-order valence-corrected chi connectivity index (χ0v) is 21.9. The monoisotopic (exact) mass is 521 g/mol. The van der Waals surface area contributed by atoms with Crippen LogP contribution >= 0.6 is 11.6 Å². The molecule has 190 valence electrons. The lowest BCUT2D eigenvalue weighted by Gasteiger charge is -2.31. The normalized spacial score (nSPS) is 11.8. The molecule has 1 atom stereocenters. The van der Waals surface area contributed by atoms with E-state index in [2.05, 4.69) is 0 Å². The van der Waals surface area contributed by atoms with E-state index in [0.717, 1.165) is 11.1 Å². The predicted molar refractivity (Wildman–Crippen MR) is 153 cm³/mol. The molecular weight excluding hydrogens is 494 g/mol. The number of rotatable bonds is 8. The molecule has 1 unspecified atom stereocenters. The van der Waals surface area contributed by atoms with Gasteiger partial charge in [0.05, 0.1) is 22.6 Å². The molecule has 1 amide bonds. The Kier molecular flexibility index (Phi) is 7.66. The van der Waals surface area contributed by atoms with Gasteiger partial charge in [0, 0.05) is 18.0 Å². The first kappa shape index (κ1) is 25.4. The number of fused-ring (bicyclic) bond motifs is 1. The summed E-state index contributed by atoms with van der Waals surface area (Å²) in [7, 11) is 0. The largest absolute Gasteiger partial charge is 0.328 e. The standard InChI is InChI=1S/C32H28ClN3O2/c1-23(35(22-25-13-6-3-7-14-25)30(37)20-19-24-11-4-2-5-12-24)31-34-29-18-9-8-17-28(29)32(38)36(31)27-16-10-15-26(33)21-27/h2-18,21,23H,19-20,22H2,1H3. The first-order chi connectivity index (χ1) is 18.5. The summed E-state index contributed by atoms with van der Waals surface area (Å²) in [5.74, 6) is 0.477. The van der Waals surface area contributed by atoms with Crippen LogP contribution in [-0.2, 0) is 17.8 Å². The summed E-state index contributed by atoms with van der Waals surface area (Å²) >= 11 is 6.32. The van der Waals surface area contributed by atoms with Gasteiger partial charge in [-0.05, 0) is 54.8 Å². The Labute approximate surface area is 227 Å². The third-order valence-corrected chi connectivity index (χ3v) is 6.93. The second-order valence-corrected chi connectivity index (χ2v) is 9.71. The summed E-state index contributed by atoms with van der Waals surface area (Å²) < 4.78 is 1.58. The number of para-hydroxylation sites is 1. The lowest BCUT2D eigenvalue weighted by Crippen LogP contribution is -2.37. The van der Waals surface area contributed by atoms with Gasteiger partial charge in [-0.1, -0.05) is 90.5 Å². The zero-order valence-electron chi connectivity index (χ0n) is 21.1. The molecule has 0 aliphatic heterocycles. The molecule has 0 N–H and O–H groups in total. The Morgan fingerprint density at radius 3 is 2.24 bits per heavy atom. The van der Waals surface area contributed by atoms with Crippen molar-refractivity contribution in [1.29, 1.82) is 0 Å². The molecule has 0 fully saturated rings. The van der Waals surface area contributed by atoms with E-state index < -0.39 is 6.04 Å². The Bertz CT molecular complexity index is 1620. The van der Waals surface area contributed by atoms with Crippen LogP contribution in [0.4, 0.5) is 0 Å². The van der Waals surface area contributed by atoms with Crippen molar-refractivity contribution in [2.24, 2.45) is 0 Å². The Morgan fingerprint density at radius 1 is 0.868 bits per heavy atom. The smallest absolute Gasteiger partial charge is 0.266 e. The average molecular weight is 522 g/mol. The van der Waals surface area contributed by atoms with E-state index in [4.69, 9.17) is 16.6 Å². The fourth-order valence-electron chi connectivity index (χ4n) is 4.70. The maximum Gasteiger partial charge on any atom is 0.266 e. The van der Waals surface area contributed by atoms with Crippen molar-refractivity contribution in [3.05, 3.63) is 142 Å². The van der Waals surface area contributed by atoms with Crippen LogP contribution in [0, 0.1) is 0 Å². The minimum Gasteiger partial charge on any atom is -0.328 e. The van der Waals surface area contributed by atoms with E-state index in [1.807, 2.05) is 96.8 Å². The number of amides is 1. The van der Waals surface area contributed by atoms with Gasteiger partial charge in [0.1, 0.15) is 5.82 Å². The Balaban J connectivity index is 1.60. The van der Waals surface area contributed by atoms with Crippen LogP contribution in [0.1, 0.15) is 36.3 Å². The number of benzene rings is 4. The summed E-state index contributed by atoms with van der Waals surface area (Å²) in [5, 5.41) is 1.02. The second kappa shape index (κ2) is 11.4. The fraction of sp³-hybridized carbons (Fsp3) is 0.156. The molecule has 0 aliphatic rings. The summed E-state index contributed by atoms with van der Waals surface area (Å²) in [5.41, 5.74) is 3.11. The van der Waals surface area contributed by atoms with Gasteiger partial charge in [0.15, 0.2) is 0 Å². The number of hydrogen-bond donors (Lipinski definition) is 0. The van der Waals surface area contributed by atoms with Gasteiger partial charge in [-0.2, -0.15) is 0 Å². The number of carbonyl (C=O) groups is 1. The molecule has 1 aromatic heterocycles. The van der Waals surface area contributed by atoms with Crippen LogP contribution in [0.25, 0.3) is 16.6 Å². The molecular formula is C32H28ClN3O2. The van der Waals surface area contributed by atoms with Gasteiger partial charge in [-0.25, -0.2) is 4.98 Å². The first-order valence-corrected chi connectivity index (χ1v) is 13.0. The number of aryl methyl sites for hydroxylation is 1. The lowest BCUT2D eigenvalue weighted by molar-refractivity contribution is -0.134. The van der Waals surface area contributed by atoms with Gasteiger partial charge in [0.25, 0.3) is 5.56 Å². The van der Waals surface area contributed by atoms with E-state index in [0.29, 0.717) is 46.8 Å². The molecule has 1 heterocycles. The molecule has 0 spiro atoms. The Morgan fingerprint density at radius 2 is 1.53 bits per heavy atom. The van der Waals surface area contributed by atoms with Gasteiger partial charge in [0.2, 0.25) is 5.91 Å². The van der Waals surface area contributed by atoms with Gasteiger partial charge >= 0.3 is 0 Å². The van der Waals surface area contributed by atoms with Gasteiger partial charge in [-0.15, -0.1) is 0 Å². The van der Waals surface area contributed by atoms with Crippen LogP contribution < -0.4 is 5.56 Å². The number of hydrogen-bond acceptors (Lipinski definition) is 3. The highest BCUT2D eigenvalue weighted by molar-refractivity contribution is 6.30. The topological polar surface area (TPSA) is 55.2 Å². The van der Waals surface area contributed by atoms with Crippen molar-refractivity contribution in [2.75, 3.05) is 0 Å². The molecule has 5 aromatic rings. The van der Waals surface area contributed by atoms with Gasteiger partial charge < -0.3 is 4.90 Å². The third-order valence-electron chi connectivity index (χ3n) is 6.70. The van der Waals surface area contributed by atoms with Crippen LogP contribution in [0.5, 0.6) is 0 Å². The van der Waals surface area contributed by atoms with Crippen LogP contribution in [0.15, 0.2) is 114 Å². The van der Waals surface area contributed by atoms with Crippen molar-refractivity contribution < 1.29 is 4.79 Å². The Hall–Kier alpha value is -4.22. The molecule has 0 saturated carbocycles. The lowest BCUT2D eigenvalue weighted by atomic mass is 10.1. The van der Waals surface area contributed by atoms with E-state index >= 15 is 0 Å². The van der Waals surface area contributed by atoms with Crippen molar-refractivity contribution in [2.45, 2.75) is 32.4 Å². The zero-order chi connectivity index (χ0) is 26.5. The third kappa shape index (κ3) is 5.53. The highest BCUT2D eigenvalue weighted by atomic mass is 35.5. The minimum absolute atomic E-state index is 0.00902. The molecule has 0 radical (unpaired) electrons. The first-order valence-electron chi connectivity index (χ1n) is 12.7. The highest BCUT2D eigenvalue weighted by Crippen LogP contribution is 2.26. The SMILES string of the molecule is CC(c1nc2ccccc2c(=O)n1-c1cccc(Cl)c1)N(Cc1ccccc1)C(=O)CCc1ccccc1. The molecule has 0 saturated heterocycles. The summed E-state index contributed by atoms with van der Waals surface area (Å²) in [4.78, 5) is 34.3. The molecule has 5 nitrogen and oxygen atoms in total. The second-order valence-electron chi connectivity index (χ2n) is 9.28. The predicted octanol–water partition coefficient (Wildman–Crippen LogP) is 6.76. The number of aromatic nitrogens is 2. The quantitative estimate of drug-likeness (QED) is 0.226. The maximum atomic E-state index is 13.8. The molecule has 4 aromatic carbocycles. The molecule has 0 bridgehead atoms. The van der Waals surface area contributed by atoms with E-state index in [1.165, 1.54) is 0 Å². The van der Waals surface area contributed by atoms with Crippen LogP contribution in [0.3, 0.4) is 0 Å². The summed E-state index contributed by atoms with van der Waals surface area (Å²) in [6.07, 6.45) is 0.972. The van der Waals surface area contributed by atoms with Crippen LogP contribution in [0.2, 0.25) is 5.02 Å². The van der Waals surface area contributed by atoms with Crippen molar-refractivity contribution >= 4 is 28.4 Å². The van der Waals surface area contributed by atoms with Crippen molar-refractivity contribution in [3.8, 4) is 5.69 Å². The maximum absolute atomic E-state index is 13.8. The van der Waals surface area contributed by atoms with Crippen LogP contribution in [-0.4, -0.2) is 20.4 Å². The van der Waals surface area contributed by atoms with Crippen molar-refractivity contribution in [1.82, 2.24) is 14.5 Å². The van der Waals surface area contributed by atoms with E-state index in [9.17, 15) is 9.59 Å². The molecule has 0 aliphatic carbocycles. The van der Waals surface area contributed by atoms with E-state index in [-0.39, 0.29) is 11.5 Å². The van der Waals surface area contributed by atoms with Crippen molar-refractivity contribution in [3.63, 3.8) is 0 Å². The summed E-state index contributed by atoms with van der Waals surface area (Å²) in [6, 6.07) is 33.8. The average Bonchev–Trinajstić information content (AvgIpc) is 2.95. The number of nitrogens with zero attached hydrogens (tertiary/aromatic N) is 3. The molecule has 5 rings (SSSR count). The molecule has 38 heavy (non-hydrogen) atoms. The molecule has 6 heteroatoms. The number of carbonyl (C=O) groups excluding carboxylic acids is 1.